The monoisotopic (exact) mass is 325 g/mol. The zero-order chi connectivity index (χ0) is 16.8. The van der Waals surface area contributed by atoms with Crippen LogP contribution in [0.4, 0.5) is 0 Å². The fourth-order valence-electron chi connectivity index (χ4n) is 4.31. The molecule has 0 aromatic rings. The highest BCUT2D eigenvalue weighted by Gasteiger charge is 2.34. The first-order valence-corrected chi connectivity index (χ1v) is 9.44. The van der Waals surface area contributed by atoms with Gasteiger partial charge in [0.2, 0.25) is 5.91 Å². The van der Waals surface area contributed by atoms with Gasteiger partial charge in [-0.3, -0.25) is 14.6 Å². The Morgan fingerprint density at radius 2 is 1.91 bits per heavy atom. The maximum Gasteiger partial charge on any atom is 0.237 e. The van der Waals surface area contributed by atoms with Gasteiger partial charge in [0, 0.05) is 24.7 Å². The molecule has 2 heterocycles. The van der Waals surface area contributed by atoms with Crippen molar-refractivity contribution in [3.05, 3.63) is 0 Å². The van der Waals surface area contributed by atoms with Crippen molar-refractivity contribution in [1.29, 1.82) is 0 Å². The summed E-state index contributed by atoms with van der Waals surface area (Å²) in [7, 11) is 0. The molecule has 5 nitrogen and oxygen atoms in total. The molecule has 4 unspecified atom stereocenters. The minimum Gasteiger partial charge on any atom is -0.395 e. The van der Waals surface area contributed by atoms with E-state index in [4.69, 9.17) is 0 Å². The van der Waals surface area contributed by atoms with Crippen LogP contribution < -0.4 is 5.32 Å². The molecule has 2 aliphatic heterocycles. The highest BCUT2D eigenvalue weighted by atomic mass is 16.3. The molecule has 2 saturated heterocycles. The summed E-state index contributed by atoms with van der Waals surface area (Å²) in [6.07, 6.45) is 6.81. The van der Waals surface area contributed by atoms with E-state index < -0.39 is 0 Å². The van der Waals surface area contributed by atoms with Crippen molar-refractivity contribution in [2.45, 2.75) is 83.5 Å². The molecule has 23 heavy (non-hydrogen) atoms. The molecule has 0 aromatic carbocycles. The number of carbonyl (C=O) groups excluding carboxylic acids is 1. The third-order valence-electron chi connectivity index (χ3n) is 5.73. The highest BCUT2D eigenvalue weighted by Crippen LogP contribution is 2.25. The molecule has 0 aromatic heterocycles. The molecular weight excluding hydrogens is 290 g/mol. The van der Waals surface area contributed by atoms with Gasteiger partial charge in [-0.15, -0.1) is 0 Å². The number of likely N-dealkylation sites (tertiary alicyclic amines) is 2. The molecule has 4 atom stereocenters. The number of nitrogens with zero attached hydrogens (tertiary/aromatic N) is 2. The average molecular weight is 325 g/mol. The van der Waals surface area contributed by atoms with Gasteiger partial charge in [0.15, 0.2) is 0 Å². The van der Waals surface area contributed by atoms with Crippen LogP contribution in [0.3, 0.4) is 0 Å². The predicted molar refractivity (Wildman–Crippen MR) is 93.4 cm³/mol. The van der Waals surface area contributed by atoms with Gasteiger partial charge in [-0.2, -0.15) is 0 Å². The summed E-state index contributed by atoms with van der Waals surface area (Å²) in [5.74, 6) is 0.167. The van der Waals surface area contributed by atoms with Crippen molar-refractivity contribution in [3.63, 3.8) is 0 Å². The predicted octanol–water partition coefficient (Wildman–Crippen LogP) is 1.60. The Hall–Kier alpha value is -0.650. The van der Waals surface area contributed by atoms with Crippen LogP contribution in [-0.4, -0.2) is 71.2 Å². The van der Waals surface area contributed by atoms with Crippen LogP contribution in [0.15, 0.2) is 0 Å². The van der Waals surface area contributed by atoms with Gasteiger partial charge in [0.1, 0.15) is 0 Å². The normalized spacial score (nSPS) is 30.7. The molecule has 2 N–H and O–H groups in total. The number of nitrogens with one attached hydrogen (secondary N) is 1. The SMILES string of the molecule is CC1CCC(C)N1C(C)C(=O)NCCCCN1CCCC1CO. The number of aliphatic hydroxyl groups is 1. The Morgan fingerprint density at radius 1 is 1.22 bits per heavy atom. The molecule has 1 amide bonds. The summed E-state index contributed by atoms with van der Waals surface area (Å²) in [5.41, 5.74) is 0. The lowest BCUT2D eigenvalue weighted by atomic mass is 10.2. The molecule has 2 aliphatic rings. The summed E-state index contributed by atoms with van der Waals surface area (Å²) in [5, 5.41) is 12.4. The molecular formula is C18H35N3O2. The molecule has 0 aliphatic carbocycles. The summed E-state index contributed by atoms with van der Waals surface area (Å²) < 4.78 is 0. The maximum absolute atomic E-state index is 12.3. The van der Waals surface area contributed by atoms with Crippen molar-refractivity contribution in [1.82, 2.24) is 15.1 Å². The van der Waals surface area contributed by atoms with E-state index in [2.05, 4.69) is 29.0 Å². The summed E-state index contributed by atoms with van der Waals surface area (Å²) in [6.45, 7) is 9.67. The second-order valence-corrected chi connectivity index (χ2v) is 7.41. The topological polar surface area (TPSA) is 55.8 Å². The molecule has 2 fully saturated rings. The molecule has 0 radical (unpaired) electrons. The fourth-order valence-corrected chi connectivity index (χ4v) is 4.31. The van der Waals surface area contributed by atoms with Gasteiger partial charge in [0.05, 0.1) is 12.6 Å². The van der Waals surface area contributed by atoms with Crippen molar-refractivity contribution >= 4 is 5.91 Å². The van der Waals surface area contributed by atoms with Crippen LogP contribution in [0.5, 0.6) is 0 Å². The zero-order valence-corrected chi connectivity index (χ0v) is 15.1. The first kappa shape index (κ1) is 18.7. The van der Waals surface area contributed by atoms with E-state index in [-0.39, 0.29) is 18.6 Å². The highest BCUT2D eigenvalue weighted by molar-refractivity contribution is 5.81. The van der Waals surface area contributed by atoms with Gasteiger partial charge in [-0.05, 0) is 72.4 Å². The summed E-state index contributed by atoms with van der Waals surface area (Å²) in [6, 6.07) is 1.36. The Bertz CT molecular complexity index is 367. The number of hydrogen-bond donors (Lipinski definition) is 2. The number of amides is 1. The van der Waals surface area contributed by atoms with Crippen LogP contribution in [0, 0.1) is 0 Å². The minimum atomic E-state index is -0.0279. The average Bonchev–Trinajstić information content (AvgIpc) is 3.12. The molecule has 0 bridgehead atoms. The first-order chi connectivity index (χ1) is 11.0. The van der Waals surface area contributed by atoms with E-state index >= 15 is 0 Å². The van der Waals surface area contributed by atoms with Gasteiger partial charge >= 0.3 is 0 Å². The largest absolute Gasteiger partial charge is 0.395 e. The zero-order valence-electron chi connectivity index (χ0n) is 15.1. The minimum absolute atomic E-state index is 0.0279. The second kappa shape index (κ2) is 9.00. The lowest BCUT2D eigenvalue weighted by Crippen LogP contribution is -2.49. The number of unbranched alkanes of at least 4 members (excludes halogenated alkanes) is 1. The number of hydrogen-bond acceptors (Lipinski definition) is 4. The standard InChI is InChI=1S/C18H35N3O2/c1-14-8-9-15(2)21(14)16(3)18(23)19-10-4-5-11-20-12-6-7-17(20)13-22/h14-17,22H,4-13H2,1-3H3,(H,19,23). The van der Waals surface area contributed by atoms with Crippen LogP contribution in [0.1, 0.15) is 59.3 Å². The quantitative estimate of drug-likeness (QED) is 0.666. The molecule has 5 heteroatoms. The fraction of sp³-hybridized carbons (Fsp3) is 0.944. The summed E-state index contributed by atoms with van der Waals surface area (Å²) in [4.78, 5) is 17.1. The van der Waals surface area contributed by atoms with Gasteiger partial charge in [-0.25, -0.2) is 0 Å². The second-order valence-electron chi connectivity index (χ2n) is 7.41. The molecule has 0 spiro atoms. The van der Waals surface area contributed by atoms with E-state index in [0.717, 1.165) is 38.9 Å². The van der Waals surface area contributed by atoms with Crippen molar-refractivity contribution in [2.24, 2.45) is 0 Å². The van der Waals surface area contributed by atoms with E-state index in [1.54, 1.807) is 0 Å². The third-order valence-corrected chi connectivity index (χ3v) is 5.73. The Labute approximate surface area is 141 Å². The number of aliphatic hydroxyl groups excluding tert-OH is 1. The smallest absolute Gasteiger partial charge is 0.237 e. The third kappa shape index (κ3) is 4.91. The van der Waals surface area contributed by atoms with Gasteiger partial charge in [0.25, 0.3) is 0 Å². The van der Waals surface area contributed by atoms with Crippen molar-refractivity contribution in [2.75, 3.05) is 26.2 Å². The first-order valence-electron chi connectivity index (χ1n) is 9.44. The molecule has 0 saturated carbocycles. The molecule has 2 rings (SSSR count). The van der Waals surface area contributed by atoms with Crippen molar-refractivity contribution < 1.29 is 9.90 Å². The number of rotatable bonds is 8. The lowest BCUT2D eigenvalue weighted by Gasteiger charge is -2.31. The van der Waals surface area contributed by atoms with E-state index in [0.29, 0.717) is 18.1 Å². The van der Waals surface area contributed by atoms with Crippen LogP contribution >= 0.6 is 0 Å². The van der Waals surface area contributed by atoms with E-state index in [1.165, 1.54) is 19.3 Å². The molecule has 134 valence electrons. The maximum atomic E-state index is 12.3. The Balaban J connectivity index is 1.61. The van der Waals surface area contributed by atoms with Gasteiger partial charge in [-0.1, -0.05) is 0 Å². The van der Waals surface area contributed by atoms with Crippen LogP contribution in [0.2, 0.25) is 0 Å². The van der Waals surface area contributed by atoms with Gasteiger partial charge < -0.3 is 10.4 Å². The van der Waals surface area contributed by atoms with Crippen molar-refractivity contribution in [3.8, 4) is 0 Å². The lowest BCUT2D eigenvalue weighted by molar-refractivity contribution is -0.126. The van der Waals surface area contributed by atoms with Crippen LogP contribution in [0.25, 0.3) is 0 Å². The van der Waals surface area contributed by atoms with Crippen LogP contribution in [-0.2, 0) is 4.79 Å². The van der Waals surface area contributed by atoms with E-state index in [9.17, 15) is 9.90 Å². The van der Waals surface area contributed by atoms with E-state index in [1.807, 2.05) is 6.92 Å². The Kier molecular flexibility index (Phi) is 7.31. The Morgan fingerprint density at radius 3 is 2.57 bits per heavy atom. The summed E-state index contributed by atoms with van der Waals surface area (Å²) >= 11 is 0. The number of carbonyl (C=O) groups is 1.